The van der Waals surface area contributed by atoms with Gasteiger partial charge in [-0.25, -0.2) is 0 Å². The number of hydrogen-bond donors (Lipinski definition) is 0. The molecular formula is C8H17BF4N+. The smallest absolute Gasteiger partial charge is 0.314 e. The standard InChI is InChI=1S/C8H15F3N.BFH2/c1-7-5-3-4-6-8(7,2)12(9,10)11;1-2/h7H,3-6H2,1-2H3;1H2/q+1;. The summed E-state index contributed by atoms with van der Waals surface area (Å²) < 4.78 is 47.0. The van der Waals surface area contributed by atoms with Gasteiger partial charge in [0.25, 0.3) is 0 Å². The van der Waals surface area contributed by atoms with Gasteiger partial charge < -0.3 is 4.32 Å². The second-order valence-electron chi connectivity index (χ2n) is 3.95. The maximum Gasteiger partial charge on any atom is 0.314 e. The van der Waals surface area contributed by atoms with E-state index in [-0.39, 0.29) is 12.3 Å². The van der Waals surface area contributed by atoms with E-state index >= 15 is 0 Å². The summed E-state index contributed by atoms with van der Waals surface area (Å²) in [4.78, 5) is 0. The number of nitrogens with zero attached hydrogens (tertiary/aromatic N) is 1. The molecule has 1 rings (SSSR count). The van der Waals surface area contributed by atoms with Crippen molar-refractivity contribution < 1.29 is 22.9 Å². The van der Waals surface area contributed by atoms with Crippen molar-refractivity contribution in [2.75, 3.05) is 0 Å². The molecule has 14 heavy (non-hydrogen) atoms. The van der Waals surface area contributed by atoms with Crippen molar-refractivity contribution >= 4 is 8.12 Å². The molecule has 2 atom stereocenters. The second kappa shape index (κ2) is 5.00. The lowest BCUT2D eigenvalue weighted by Crippen LogP contribution is -2.52. The van der Waals surface area contributed by atoms with Crippen molar-refractivity contribution in [3.8, 4) is 0 Å². The van der Waals surface area contributed by atoms with E-state index in [9.17, 15) is 17.8 Å². The highest BCUT2D eigenvalue weighted by atomic mass is 19.6. The quantitative estimate of drug-likeness (QED) is 0.357. The first-order valence-electron chi connectivity index (χ1n) is 4.74. The van der Waals surface area contributed by atoms with Gasteiger partial charge in [0, 0.05) is 19.3 Å². The third-order valence-electron chi connectivity index (χ3n) is 3.21. The van der Waals surface area contributed by atoms with Crippen LogP contribution in [0.15, 0.2) is 0 Å². The molecule has 84 valence electrons. The maximum absolute atomic E-state index is 12.5. The third-order valence-corrected chi connectivity index (χ3v) is 3.21. The van der Waals surface area contributed by atoms with Crippen LogP contribution in [0.3, 0.4) is 0 Å². The first-order chi connectivity index (χ1) is 6.38. The molecule has 0 aromatic rings. The van der Waals surface area contributed by atoms with E-state index in [2.05, 4.69) is 0 Å². The molecule has 6 heteroatoms. The van der Waals surface area contributed by atoms with E-state index in [4.69, 9.17) is 0 Å². The summed E-state index contributed by atoms with van der Waals surface area (Å²) in [5.74, 6) is -0.244. The minimum absolute atomic E-state index is 0.244. The highest BCUT2D eigenvalue weighted by Gasteiger charge is 2.59. The Labute approximate surface area is 82.9 Å². The molecule has 1 aliphatic rings. The molecule has 0 aliphatic heterocycles. The van der Waals surface area contributed by atoms with Crippen molar-refractivity contribution in [2.24, 2.45) is 5.92 Å². The maximum atomic E-state index is 12.5. The topological polar surface area (TPSA) is 0 Å². The van der Waals surface area contributed by atoms with E-state index < -0.39 is 10.7 Å². The van der Waals surface area contributed by atoms with E-state index in [0.717, 1.165) is 6.42 Å². The fourth-order valence-electron chi connectivity index (χ4n) is 1.87. The van der Waals surface area contributed by atoms with Crippen molar-refractivity contribution in [3.05, 3.63) is 0 Å². The van der Waals surface area contributed by atoms with Crippen molar-refractivity contribution in [3.63, 3.8) is 0 Å². The molecule has 0 aromatic heterocycles. The van der Waals surface area contributed by atoms with Gasteiger partial charge in [-0.3, -0.25) is 0 Å². The Hall–Kier alpha value is -0.255. The first kappa shape index (κ1) is 13.7. The Bertz CT molecular complexity index is 173. The summed E-state index contributed by atoms with van der Waals surface area (Å²) in [6, 6.07) is 0. The predicted octanol–water partition coefficient (Wildman–Crippen LogP) is 2.93. The van der Waals surface area contributed by atoms with Gasteiger partial charge in [0.1, 0.15) is 0 Å². The molecule has 0 aromatic carbocycles. The summed E-state index contributed by atoms with van der Waals surface area (Å²) in [6.45, 7) is 3.03. The van der Waals surface area contributed by atoms with E-state index in [1.54, 1.807) is 6.92 Å². The van der Waals surface area contributed by atoms with Gasteiger partial charge >= 0.3 is 8.12 Å². The van der Waals surface area contributed by atoms with Gasteiger partial charge in [-0.05, 0) is 12.8 Å². The Morgan fingerprint density at radius 1 is 1.21 bits per heavy atom. The summed E-state index contributed by atoms with van der Waals surface area (Å²) in [5, 5.41) is -3.38. The molecule has 1 aliphatic carbocycles. The number of rotatable bonds is 1. The highest BCUT2D eigenvalue weighted by Crippen LogP contribution is 2.44. The Morgan fingerprint density at radius 2 is 1.71 bits per heavy atom. The minimum atomic E-state index is -3.38. The lowest BCUT2D eigenvalue weighted by Gasteiger charge is -2.35. The van der Waals surface area contributed by atoms with E-state index in [1.165, 1.54) is 6.92 Å². The van der Waals surface area contributed by atoms with E-state index in [1.807, 2.05) is 0 Å². The van der Waals surface area contributed by atoms with Crippen molar-refractivity contribution in [1.82, 2.24) is 0 Å². The SMILES string of the molecule is BF.CC1CCCCC1(C)[N+](F)(F)F. The number of hydrogen-bond acceptors (Lipinski definition) is 0. The fraction of sp³-hybridized carbons (Fsp3) is 1.00. The molecule has 2 unspecified atom stereocenters. The summed E-state index contributed by atoms with van der Waals surface area (Å²) in [6.07, 6.45) is 2.63. The second-order valence-corrected chi connectivity index (χ2v) is 3.95. The average molecular weight is 214 g/mol. The third kappa shape index (κ3) is 2.62. The molecule has 0 N–H and O–H groups in total. The van der Waals surface area contributed by atoms with Gasteiger partial charge in [0.05, 0.1) is 13.4 Å². The average Bonchev–Trinajstić information content (AvgIpc) is 2.12. The van der Waals surface area contributed by atoms with Crippen molar-refractivity contribution in [1.29, 1.82) is 0 Å². The first-order valence-corrected chi connectivity index (χ1v) is 4.74. The molecule has 0 radical (unpaired) electrons. The molecule has 1 saturated carbocycles. The number of quaternary nitrogens is 1. The molecule has 0 heterocycles. The van der Waals surface area contributed by atoms with Gasteiger partial charge in [-0.15, -0.1) is 0 Å². The largest absolute Gasteiger partial charge is 0.347 e. The van der Waals surface area contributed by atoms with Crippen LogP contribution in [0.2, 0.25) is 0 Å². The Balaban J connectivity index is 0.000000791. The zero-order chi connectivity index (χ0) is 11.4. The Morgan fingerprint density at radius 3 is 2.00 bits per heavy atom. The lowest BCUT2D eigenvalue weighted by atomic mass is 9.75. The number of halogens is 4. The van der Waals surface area contributed by atoms with Crippen LogP contribution in [-0.4, -0.2) is 18.8 Å². The lowest BCUT2D eigenvalue weighted by molar-refractivity contribution is -1.30. The minimum Gasteiger partial charge on any atom is -0.347 e. The van der Waals surface area contributed by atoms with Crippen LogP contribution < -0.4 is 0 Å². The highest BCUT2D eigenvalue weighted by molar-refractivity contribution is 5.96. The van der Waals surface area contributed by atoms with Crippen LogP contribution in [0, 0.1) is 5.92 Å². The molecule has 1 fully saturated rings. The fourth-order valence-corrected chi connectivity index (χ4v) is 1.87. The monoisotopic (exact) mass is 214 g/mol. The van der Waals surface area contributed by atoms with Gasteiger partial charge in [-0.1, -0.05) is 13.3 Å². The van der Waals surface area contributed by atoms with Gasteiger partial charge in [0.2, 0.25) is 10.7 Å². The van der Waals surface area contributed by atoms with Crippen LogP contribution in [0.4, 0.5) is 17.8 Å². The van der Waals surface area contributed by atoms with Gasteiger partial charge in [-0.2, -0.15) is 0 Å². The summed E-state index contributed by atoms with van der Waals surface area (Å²) in [7, 11) is 0.500. The van der Waals surface area contributed by atoms with Crippen LogP contribution >= 0.6 is 0 Å². The molecule has 0 saturated heterocycles. The summed E-state index contributed by atoms with van der Waals surface area (Å²) in [5.41, 5.74) is -1.49. The molecular weight excluding hydrogens is 197 g/mol. The Kier molecular flexibility index (Phi) is 4.91. The molecule has 0 bridgehead atoms. The zero-order valence-electron chi connectivity index (χ0n) is 8.86. The van der Waals surface area contributed by atoms with Crippen molar-refractivity contribution in [2.45, 2.75) is 45.1 Å². The van der Waals surface area contributed by atoms with Gasteiger partial charge in [0.15, 0.2) is 0 Å². The summed E-state index contributed by atoms with van der Waals surface area (Å²) >= 11 is 0. The molecule has 0 amide bonds. The normalized spacial score (nSPS) is 33.1. The van der Waals surface area contributed by atoms with Crippen LogP contribution in [0.1, 0.15) is 39.5 Å². The van der Waals surface area contributed by atoms with Crippen LogP contribution in [0.25, 0.3) is 0 Å². The van der Waals surface area contributed by atoms with E-state index in [0.29, 0.717) is 21.0 Å². The van der Waals surface area contributed by atoms with Crippen LogP contribution in [-0.2, 0) is 0 Å². The zero-order valence-corrected chi connectivity index (χ0v) is 8.86. The van der Waals surface area contributed by atoms with Crippen LogP contribution in [0.5, 0.6) is 0 Å². The molecule has 0 spiro atoms. The molecule has 1 nitrogen and oxygen atoms in total. The predicted molar refractivity (Wildman–Crippen MR) is 49.3 cm³/mol.